The Morgan fingerprint density at radius 1 is 1.26 bits per heavy atom. The highest BCUT2D eigenvalue weighted by Gasteiger charge is 2.27. The van der Waals surface area contributed by atoms with Crippen molar-refractivity contribution >= 4 is 23.1 Å². The van der Waals surface area contributed by atoms with Gasteiger partial charge in [0, 0.05) is 12.0 Å². The number of hydrogen-bond donors (Lipinski definition) is 1. The second-order valence-electron chi connectivity index (χ2n) is 4.49. The van der Waals surface area contributed by atoms with Gasteiger partial charge in [-0.05, 0) is 25.0 Å². The van der Waals surface area contributed by atoms with E-state index in [1.165, 1.54) is 0 Å². The van der Waals surface area contributed by atoms with E-state index in [1.807, 2.05) is 18.2 Å². The molecule has 0 saturated heterocycles. The monoisotopic (exact) mass is 270 g/mol. The van der Waals surface area contributed by atoms with Crippen molar-refractivity contribution in [1.82, 2.24) is 9.97 Å². The molecule has 4 nitrogen and oxygen atoms in total. The lowest BCUT2D eigenvalue weighted by Crippen LogP contribution is -2.00. The molecule has 19 heavy (non-hydrogen) atoms. The van der Waals surface area contributed by atoms with Gasteiger partial charge in [0.2, 0.25) is 0 Å². The molecule has 1 saturated carbocycles. The van der Waals surface area contributed by atoms with Crippen molar-refractivity contribution in [2.45, 2.75) is 18.8 Å². The van der Waals surface area contributed by atoms with E-state index < -0.39 is 0 Å². The Morgan fingerprint density at radius 3 is 2.79 bits per heavy atom. The van der Waals surface area contributed by atoms with E-state index in [0.717, 1.165) is 24.4 Å². The standard InChI is InChI=1S/C14H11ClN4/c15-12-7-13(19-14(18-12)9-5-6-9)17-11-4-2-1-3-10(11)8-16/h1-4,7,9H,5-6H2,(H,17,18,19). The molecule has 1 N–H and O–H groups in total. The zero-order chi connectivity index (χ0) is 13.2. The van der Waals surface area contributed by atoms with Crippen molar-refractivity contribution < 1.29 is 0 Å². The maximum absolute atomic E-state index is 9.06. The van der Waals surface area contributed by atoms with Gasteiger partial charge in [-0.3, -0.25) is 0 Å². The Morgan fingerprint density at radius 2 is 2.05 bits per heavy atom. The minimum absolute atomic E-state index is 0.425. The van der Waals surface area contributed by atoms with Crippen molar-refractivity contribution in [2.75, 3.05) is 5.32 Å². The molecule has 5 heteroatoms. The normalized spacial score (nSPS) is 13.9. The number of nitrogens with zero attached hydrogens (tertiary/aromatic N) is 3. The van der Waals surface area contributed by atoms with Crippen LogP contribution < -0.4 is 5.32 Å². The largest absolute Gasteiger partial charge is 0.339 e. The maximum Gasteiger partial charge on any atom is 0.135 e. The van der Waals surface area contributed by atoms with Gasteiger partial charge in [0.05, 0.1) is 11.3 Å². The van der Waals surface area contributed by atoms with E-state index in [9.17, 15) is 0 Å². The Hall–Kier alpha value is -2.12. The summed E-state index contributed by atoms with van der Waals surface area (Å²) in [6.07, 6.45) is 2.24. The van der Waals surface area contributed by atoms with Gasteiger partial charge in [-0.2, -0.15) is 5.26 Å². The Balaban J connectivity index is 1.92. The lowest BCUT2D eigenvalue weighted by molar-refractivity contribution is 0.930. The van der Waals surface area contributed by atoms with Gasteiger partial charge in [0.25, 0.3) is 0 Å². The topological polar surface area (TPSA) is 61.6 Å². The van der Waals surface area contributed by atoms with Gasteiger partial charge < -0.3 is 5.32 Å². The van der Waals surface area contributed by atoms with Gasteiger partial charge in [-0.25, -0.2) is 9.97 Å². The van der Waals surface area contributed by atoms with Crippen molar-refractivity contribution in [3.63, 3.8) is 0 Å². The predicted molar refractivity (Wildman–Crippen MR) is 73.5 cm³/mol. The summed E-state index contributed by atoms with van der Waals surface area (Å²) < 4.78 is 0. The van der Waals surface area contributed by atoms with Crippen molar-refractivity contribution in [3.05, 3.63) is 46.9 Å². The minimum Gasteiger partial charge on any atom is -0.339 e. The lowest BCUT2D eigenvalue weighted by atomic mass is 10.2. The zero-order valence-electron chi connectivity index (χ0n) is 10.1. The molecule has 0 radical (unpaired) electrons. The van der Waals surface area contributed by atoms with Crippen LogP contribution in [0.5, 0.6) is 0 Å². The quantitative estimate of drug-likeness (QED) is 0.865. The summed E-state index contributed by atoms with van der Waals surface area (Å²) >= 11 is 6.01. The summed E-state index contributed by atoms with van der Waals surface area (Å²) in [6, 6.07) is 11.1. The third-order valence-electron chi connectivity index (χ3n) is 2.96. The van der Waals surface area contributed by atoms with E-state index in [-0.39, 0.29) is 0 Å². The number of halogens is 1. The van der Waals surface area contributed by atoms with Crippen LogP contribution in [0, 0.1) is 11.3 Å². The van der Waals surface area contributed by atoms with Gasteiger partial charge in [-0.1, -0.05) is 23.7 Å². The smallest absolute Gasteiger partial charge is 0.135 e. The summed E-state index contributed by atoms with van der Waals surface area (Å²) in [5, 5.41) is 12.6. The highest BCUT2D eigenvalue weighted by atomic mass is 35.5. The lowest BCUT2D eigenvalue weighted by Gasteiger charge is -2.08. The molecule has 2 aromatic rings. The number of para-hydroxylation sites is 1. The van der Waals surface area contributed by atoms with Gasteiger partial charge in [0.1, 0.15) is 22.9 Å². The molecule has 0 atom stereocenters. The molecular formula is C14H11ClN4. The Labute approximate surface area is 116 Å². The second-order valence-corrected chi connectivity index (χ2v) is 4.88. The molecule has 0 spiro atoms. The molecule has 0 bridgehead atoms. The predicted octanol–water partition coefficient (Wildman–Crippen LogP) is 3.62. The Bertz CT molecular complexity index is 659. The van der Waals surface area contributed by atoms with Crippen LogP contribution in [0.1, 0.15) is 30.1 Å². The molecule has 1 fully saturated rings. The number of benzene rings is 1. The highest BCUT2D eigenvalue weighted by Crippen LogP contribution is 2.39. The fourth-order valence-corrected chi connectivity index (χ4v) is 2.04. The van der Waals surface area contributed by atoms with Crippen LogP contribution in [0.4, 0.5) is 11.5 Å². The summed E-state index contributed by atoms with van der Waals surface area (Å²) in [7, 11) is 0. The average Bonchev–Trinajstić information content (AvgIpc) is 3.23. The van der Waals surface area contributed by atoms with Gasteiger partial charge >= 0.3 is 0 Å². The minimum atomic E-state index is 0.425. The summed E-state index contributed by atoms with van der Waals surface area (Å²) in [5.74, 6) is 1.85. The number of hydrogen-bond acceptors (Lipinski definition) is 4. The van der Waals surface area contributed by atoms with Crippen molar-refractivity contribution in [1.29, 1.82) is 5.26 Å². The second kappa shape index (κ2) is 4.87. The van der Waals surface area contributed by atoms with Crippen LogP contribution in [-0.4, -0.2) is 9.97 Å². The van der Waals surface area contributed by atoms with Crippen LogP contribution in [0.3, 0.4) is 0 Å². The highest BCUT2D eigenvalue weighted by molar-refractivity contribution is 6.29. The molecule has 1 heterocycles. The number of nitrogens with one attached hydrogen (secondary N) is 1. The molecule has 0 unspecified atom stereocenters. The van der Waals surface area contributed by atoms with Gasteiger partial charge in [0.15, 0.2) is 0 Å². The van der Waals surface area contributed by atoms with Crippen molar-refractivity contribution in [3.8, 4) is 6.07 Å². The molecule has 1 aliphatic carbocycles. The summed E-state index contributed by atoms with van der Waals surface area (Å²) in [6.45, 7) is 0. The molecule has 94 valence electrons. The van der Waals surface area contributed by atoms with E-state index in [0.29, 0.717) is 22.5 Å². The Kier molecular flexibility index (Phi) is 3.06. The third kappa shape index (κ3) is 2.67. The van der Waals surface area contributed by atoms with E-state index in [2.05, 4.69) is 21.4 Å². The molecule has 0 aliphatic heterocycles. The first-order valence-corrected chi connectivity index (χ1v) is 6.44. The summed E-state index contributed by atoms with van der Waals surface area (Å²) in [5.41, 5.74) is 1.30. The SMILES string of the molecule is N#Cc1ccccc1Nc1cc(Cl)nc(C2CC2)n1. The molecule has 1 aliphatic rings. The first kappa shape index (κ1) is 11.9. The number of aromatic nitrogens is 2. The van der Waals surface area contributed by atoms with E-state index >= 15 is 0 Å². The third-order valence-corrected chi connectivity index (χ3v) is 3.16. The number of nitriles is 1. The van der Waals surface area contributed by atoms with Crippen LogP contribution in [0.15, 0.2) is 30.3 Å². The van der Waals surface area contributed by atoms with Crippen LogP contribution in [-0.2, 0) is 0 Å². The first-order chi connectivity index (χ1) is 9.26. The molecule has 3 rings (SSSR count). The first-order valence-electron chi connectivity index (χ1n) is 6.07. The zero-order valence-corrected chi connectivity index (χ0v) is 10.9. The molecular weight excluding hydrogens is 260 g/mol. The van der Waals surface area contributed by atoms with Crippen LogP contribution in [0.2, 0.25) is 5.15 Å². The summed E-state index contributed by atoms with van der Waals surface area (Å²) in [4.78, 5) is 8.68. The average molecular weight is 271 g/mol. The maximum atomic E-state index is 9.06. The van der Waals surface area contributed by atoms with Crippen LogP contribution >= 0.6 is 11.6 Å². The molecule has 1 aromatic carbocycles. The molecule has 0 amide bonds. The number of anilines is 2. The fraction of sp³-hybridized carbons (Fsp3) is 0.214. The van der Waals surface area contributed by atoms with Crippen molar-refractivity contribution in [2.24, 2.45) is 0 Å². The van der Waals surface area contributed by atoms with Crippen LogP contribution in [0.25, 0.3) is 0 Å². The molecule has 1 aromatic heterocycles. The van der Waals surface area contributed by atoms with E-state index in [4.69, 9.17) is 16.9 Å². The number of rotatable bonds is 3. The fourth-order valence-electron chi connectivity index (χ4n) is 1.85. The van der Waals surface area contributed by atoms with Gasteiger partial charge in [-0.15, -0.1) is 0 Å². The van der Waals surface area contributed by atoms with E-state index in [1.54, 1.807) is 12.1 Å².